The van der Waals surface area contributed by atoms with Gasteiger partial charge in [0.1, 0.15) is 6.10 Å². The normalized spacial score (nSPS) is 14.0. The Labute approximate surface area is 87.6 Å². The molecule has 80 valence electrons. The van der Waals surface area contributed by atoms with E-state index in [4.69, 9.17) is 10.00 Å². The van der Waals surface area contributed by atoms with Crippen molar-refractivity contribution in [1.29, 1.82) is 5.26 Å². The van der Waals surface area contributed by atoms with E-state index in [2.05, 4.69) is 4.98 Å². The smallest absolute Gasteiger partial charge is 0.213 e. The summed E-state index contributed by atoms with van der Waals surface area (Å²) in [7, 11) is 1.46. The Hall–Kier alpha value is -1.64. The Morgan fingerprint density at radius 2 is 2.27 bits per heavy atom. The molecule has 0 spiro atoms. The van der Waals surface area contributed by atoms with Crippen molar-refractivity contribution in [2.45, 2.75) is 18.6 Å². The summed E-state index contributed by atoms with van der Waals surface area (Å²) in [6, 6.07) is 6.63. The molecule has 5 nitrogen and oxygen atoms in total. The molecule has 5 heteroatoms. The van der Waals surface area contributed by atoms with Gasteiger partial charge in [-0.05, 0) is 6.07 Å². The van der Waals surface area contributed by atoms with Gasteiger partial charge in [-0.2, -0.15) is 5.26 Å². The number of aromatic nitrogens is 1. The number of methoxy groups -OCH3 is 1. The Morgan fingerprint density at radius 3 is 2.87 bits per heavy atom. The first kappa shape index (κ1) is 11.4. The van der Waals surface area contributed by atoms with Crippen LogP contribution in [0, 0.1) is 11.3 Å². The van der Waals surface area contributed by atoms with Crippen LogP contribution in [0.1, 0.15) is 18.2 Å². The van der Waals surface area contributed by atoms with E-state index in [1.165, 1.54) is 7.11 Å². The summed E-state index contributed by atoms with van der Waals surface area (Å²) >= 11 is 0. The van der Waals surface area contributed by atoms with Gasteiger partial charge in [0.2, 0.25) is 5.88 Å². The summed E-state index contributed by atoms with van der Waals surface area (Å²) in [5, 5.41) is 27.4. The van der Waals surface area contributed by atoms with Crippen LogP contribution < -0.4 is 4.74 Å². The average molecular weight is 208 g/mol. The fourth-order valence-electron chi connectivity index (χ4n) is 1.11. The monoisotopic (exact) mass is 208 g/mol. The van der Waals surface area contributed by atoms with Crippen LogP contribution in [0.4, 0.5) is 0 Å². The molecule has 1 heterocycles. The van der Waals surface area contributed by atoms with Gasteiger partial charge in [-0.15, -0.1) is 0 Å². The van der Waals surface area contributed by atoms with Crippen LogP contribution in [-0.4, -0.2) is 28.4 Å². The average Bonchev–Trinajstić information content (AvgIpc) is 2.28. The van der Waals surface area contributed by atoms with Crippen molar-refractivity contribution >= 4 is 0 Å². The Balaban J connectivity index is 2.81. The molecule has 0 saturated carbocycles. The first-order valence-corrected chi connectivity index (χ1v) is 4.43. The fraction of sp³-hybridized carbons (Fsp3) is 0.400. The molecule has 2 unspecified atom stereocenters. The van der Waals surface area contributed by atoms with Gasteiger partial charge in [0.15, 0.2) is 0 Å². The predicted octanol–water partition coefficient (Wildman–Crippen LogP) is 0.398. The molecule has 0 amide bonds. The van der Waals surface area contributed by atoms with Gasteiger partial charge in [0.25, 0.3) is 0 Å². The minimum Gasteiger partial charge on any atom is -0.481 e. The van der Waals surface area contributed by atoms with Crippen molar-refractivity contribution in [3.63, 3.8) is 0 Å². The second-order valence-electron chi connectivity index (χ2n) is 2.98. The first-order valence-electron chi connectivity index (χ1n) is 4.43. The van der Waals surface area contributed by atoms with E-state index >= 15 is 0 Å². The molecule has 2 N–H and O–H groups in total. The van der Waals surface area contributed by atoms with Crippen molar-refractivity contribution in [3.05, 3.63) is 23.9 Å². The molecule has 0 saturated heterocycles. The molecular formula is C10H12N2O3. The van der Waals surface area contributed by atoms with Gasteiger partial charge in [0, 0.05) is 6.07 Å². The van der Waals surface area contributed by atoms with Gasteiger partial charge in [-0.3, -0.25) is 0 Å². The van der Waals surface area contributed by atoms with E-state index in [1.54, 1.807) is 24.3 Å². The second kappa shape index (κ2) is 5.29. The third-order valence-electron chi connectivity index (χ3n) is 1.92. The molecule has 0 radical (unpaired) electrons. The van der Waals surface area contributed by atoms with E-state index in [1.807, 2.05) is 0 Å². The number of nitrogens with zero attached hydrogens (tertiary/aromatic N) is 2. The van der Waals surface area contributed by atoms with Crippen molar-refractivity contribution in [2.75, 3.05) is 7.11 Å². The van der Waals surface area contributed by atoms with Gasteiger partial charge < -0.3 is 14.9 Å². The number of rotatable bonds is 4. The minimum atomic E-state index is -1.17. The van der Waals surface area contributed by atoms with Gasteiger partial charge in [0.05, 0.1) is 31.4 Å². The highest BCUT2D eigenvalue weighted by molar-refractivity contribution is 5.18. The summed E-state index contributed by atoms with van der Waals surface area (Å²) in [5.41, 5.74) is 0.289. The quantitative estimate of drug-likeness (QED) is 0.747. The van der Waals surface area contributed by atoms with Gasteiger partial charge >= 0.3 is 0 Å². The first-order chi connectivity index (χ1) is 7.19. The molecule has 15 heavy (non-hydrogen) atoms. The van der Waals surface area contributed by atoms with Crippen LogP contribution in [0.2, 0.25) is 0 Å². The van der Waals surface area contributed by atoms with Crippen LogP contribution in [0.15, 0.2) is 18.2 Å². The van der Waals surface area contributed by atoms with Crippen molar-refractivity contribution in [2.24, 2.45) is 0 Å². The SMILES string of the molecule is COc1cccc(C(O)C(O)CC#N)n1. The molecule has 2 atom stereocenters. The number of nitriles is 1. The number of aliphatic hydroxyl groups excluding tert-OH is 2. The lowest BCUT2D eigenvalue weighted by molar-refractivity contribution is 0.0187. The minimum absolute atomic E-state index is 0.139. The highest BCUT2D eigenvalue weighted by atomic mass is 16.5. The van der Waals surface area contributed by atoms with Crippen LogP contribution in [0.25, 0.3) is 0 Å². The zero-order valence-corrected chi connectivity index (χ0v) is 8.29. The largest absolute Gasteiger partial charge is 0.481 e. The standard InChI is InChI=1S/C10H12N2O3/c1-15-9-4-2-3-7(12-9)10(14)8(13)5-6-11/h2-4,8,10,13-14H,5H2,1H3. The molecular weight excluding hydrogens is 196 g/mol. The lowest BCUT2D eigenvalue weighted by Gasteiger charge is -2.14. The summed E-state index contributed by atoms with van der Waals surface area (Å²) < 4.78 is 4.88. The number of hydrogen-bond acceptors (Lipinski definition) is 5. The molecule has 1 aromatic heterocycles. The van der Waals surface area contributed by atoms with Gasteiger partial charge in [-0.1, -0.05) is 6.07 Å². The molecule has 0 aliphatic heterocycles. The lowest BCUT2D eigenvalue weighted by atomic mass is 10.1. The Morgan fingerprint density at radius 1 is 1.53 bits per heavy atom. The van der Waals surface area contributed by atoms with Crippen molar-refractivity contribution in [3.8, 4) is 11.9 Å². The summed E-state index contributed by atoms with van der Waals surface area (Å²) in [4.78, 5) is 3.95. The van der Waals surface area contributed by atoms with Crippen LogP contribution >= 0.6 is 0 Å². The second-order valence-corrected chi connectivity index (χ2v) is 2.98. The molecule has 0 aromatic carbocycles. The van der Waals surface area contributed by atoms with Gasteiger partial charge in [-0.25, -0.2) is 4.98 Å². The highest BCUT2D eigenvalue weighted by Crippen LogP contribution is 2.18. The number of ether oxygens (including phenoxy) is 1. The van der Waals surface area contributed by atoms with E-state index < -0.39 is 12.2 Å². The summed E-state index contributed by atoms with van der Waals surface area (Å²) in [5.74, 6) is 0.357. The van der Waals surface area contributed by atoms with E-state index in [9.17, 15) is 10.2 Å². The third kappa shape index (κ3) is 2.91. The van der Waals surface area contributed by atoms with E-state index in [0.717, 1.165) is 0 Å². The van der Waals surface area contributed by atoms with Crippen molar-refractivity contribution < 1.29 is 14.9 Å². The zero-order chi connectivity index (χ0) is 11.3. The lowest BCUT2D eigenvalue weighted by Crippen LogP contribution is -2.18. The zero-order valence-electron chi connectivity index (χ0n) is 8.29. The molecule has 0 fully saturated rings. The third-order valence-corrected chi connectivity index (χ3v) is 1.92. The number of hydrogen-bond donors (Lipinski definition) is 2. The maximum Gasteiger partial charge on any atom is 0.213 e. The molecule has 1 rings (SSSR count). The fourth-order valence-corrected chi connectivity index (χ4v) is 1.11. The maximum absolute atomic E-state index is 9.62. The Kier molecular flexibility index (Phi) is 4.03. The number of aliphatic hydroxyl groups is 2. The molecule has 0 aliphatic rings. The molecule has 0 aliphatic carbocycles. The highest BCUT2D eigenvalue weighted by Gasteiger charge is 2.19. The van der Waals surface area contributed by atoms with Crippen molar-refractivity contribution in [1.82, 2.24) is 4.98 Å². The molecule has 1 aromatic rings. The van der Waals surface area contributed by atoms with Crippen LogP contribution in [-0.2, 0) is 0 Å². The predicted molar refractivity (Wildman–Crippen MR) is 52.0 cm³/mol. The topological polar surface area (TPSA) is 86.4 Å². The summed E-state index contributed by atoms with van der Waals surface area (Å²) in [6.07, 6.45) is -2.44. The van der Waals surface area contributed by atoms with Crippen LogP contribution in [0.5, 0.6) is 5.88 Å². The summed E-state index contributed by atoms with van der Waals surface area (Å²) in [6.45, 7) is 0. The number of pyridine rings is 1. The van der Waals surface area contributed by atoms with E-state index in [-0.39, 0.29) is 12.1 Å². The van der Waals surface area contributed by atoms with Crippen LogP contribution in [0.3, 0.4) is 0 Å². The Bertz CT molecular complexity index is 362. The maximum atomic E-state index is 9.62. The van der Waals surface area contributed by atoms with E-state index in [0.29, 0.717) is 5.88 Å². The molecule has 0 bridgehead atoms.